The first-order chi connectivity index (χ1) is 4.31. The number of rotatable bonds is 4. The molecule has 2 heteroatoms. The molecule has 0 saturated heterocycles. The topological polar surface area (TPSA) is 32.3 Å². The van der Waals surface area contributed by atoms with Crippen molar-refractivity contribution in [1.29, 1.82) is 0 Å². The molecule has 0 atom stereocenters. The Morgan fingerprint density at radius 1 is 1.67 bits per heavy atom. The van der Waals surface area contributed by atoms with Gasteiger partial charge in [0.25, 0.3) is 0 Å². The molecule has 0 spiro atoms. The lowest BCUT2D eigenvalue weighted by Crippen LogP contribution is -2.08. The van der Waals surface area contributed by atoms with E-state index >= 15 is 0 Å². The Balaban J connectivity index is 3.07. The lowest BCUT2D eigenvalue weighted by Gasteiger charge is -1.97. The summed E-state index contributed by atoms with van der Waals surface area (Å²) in [5, 5.41) is 8.18. The molecule has 0 radical (unpaired) electrons. The van der Waals surface area contributed by atoms with Gasteiger partial charge in [-0.05, 0) is 26.7 Å². The molecule has 2 N–H and O–H groups in total. The summed E-state index contributed by atoms with van der Waals surface area (Å²) in [5.41, 5.74) is 3.50. The molecule has 0 amide bonds. The van der Waals surface area contributed by atoms with Crippen LogP contribution in [0, 0.1) is 0 Å². The summed E-state index contributed by atoms with van der Waals surface area (Å²) in [7, 11) is 0. The molecule has 0 heterocycles. The number of hydrogen-bond donors (Lipinski definition) is 2. The predicted octanol–water partition coefficient (Wildman–Crippen LogP) is 1.71. The molecule has 2 nitrogen and oxygen atoms in total. The monoisotopic (exact) mass is 129 g/mol. The third-order valence-electron chi connectivity index (χ3n) is 1.35. The summed E-state index contributed by atoms with van der Waals surface area (Å²) in [6.07, 6.45) is 4.17. The molecule has 0 aromatic rings. The summed E-state index contributed by atoms with van der Waals surface area (Å²) in [5.74, 6) is 0. The maximum Gasteiger partial charge on any atom is 0.0210 e. The minimum Gasteiger partial charge on any atom is -0.317 e. The smallest absolute Gasteiger partial charge is 0.0210 e. The van der Waals surface area contributed by atoms with Gasteiger partial charge < -0.3 is 5.21 Å². The van der Waals surface area contributed by atoms with Gasteiger partial charge in [0.2, 0.25) is 0 Å². The van der Waals surface area contributed by atoms with Crippen LogP contribution >= 0.6 is 0 Å². The van der Waals surface area contributed by atoms with Crippen molar-refractivity contribution in [2.45, 2.75) is 26.7 Å². The lowest BCUT2D eigenvalue weighted by molar-refractivity contribution is 0.166. The highest BCUT2D eigenvalue weighted by molar-refractivity contribution is 4.94. The van der Waals surface area contributed by atoms with Crippen molar-refractivity contribution in [3.05, 3.63) is 11.6 Å². The highest BCUT2D eigenvalue weighted by Gasteiger charge is 1.86. The number of nitrogens with one attached hydrogen (secondary N) is 1. The lowest BCUT2D eigenvalue weighted by atomic mass is 10.1. The fourth-order valence-corrected chi connectivity index (χ4v) is 0.591. The van der Waals surface area contributed by atoms with Crippen LogP contribution in [-0.4, -0.2) is 11.8 Å². The van der Waals surface area contributed by atoms with E-state index in [1.54, 1.807) is 0 Å². The quantitative estimate of drug-likeness (QED) is 0.344. The Hall–Kier alpha value is -0.340. The van der Waals surface area contributed by atoms with E-state index in [-0.39, 0.29) is 0 Å². The molecule has 0 saturated carbocycles. The summed E-state index contributed by atoms with van der Waals surface area (Å²) < 4.78 is 0. The summed E-state index contributed by atoms with van der Waals surface area (Å²) >= 11 is 0. The standard InChI is InChI=1S/C7H15NO/c1-3-7(2)5-4-6-8-9/h3,8-9H,4-6H2,1-2H3/b7-3+. The molecule has 0 aromatic heterocycles. The Labute approximate surface area is 56.5 Å². The van der Waals surface area contributed by atoms with Crippen molar-refractivity contribution in [1.82, 2.24) is 5.48 Å². The molecule has 0 aliphatic heterocycles. The normalized spacial score (nSPS) is 12.1. The van der Waals surface area contributed by atoms with E-state index in [2.05, 4.69) is 18.5 Å². The minimum atomic E-state index is 0.686. The van der Waals surface area contributed by atoms with Gasteiger partial charge in [-0.15, -0.1) is 0 Å². The second kappa shape index (κ2) is 5.79. The van der Waals surface area contributed by atoms with Gasteiger partial charge in [-0.2, -0.15) is 0 Å². The van der Waals surface area contributed by atoms with E-state index in [1.165, 1.54) is 5.57 Å². The molecule has 0 rings (SSSR count). The van der Waals surface area contributed by atoms with Crippen LogP contribution in [0.5, 0.6) is 0 Å². The predicted molar refractivity (Wildman–Crippen MR) is 38.5 cm³/mol. The van der Waals surface area contributed by atoms with E-state index in [0.717, 1.165) is 12.8 Å². The molecular formula is C7H15NO. The van der Waals surface area contributed by atoms with Gasteiger partial charge in [-0.25, -0.2) is 5.48 Å². The largest absolute Gasteiger partial charge is 0.317 e. The van der Waals surface area contributed by atoms with E-state index in [9.17, 15) is 0 Å². The fraction of sp³-hybridized carbons (Fsp3) is 0.714. The van der Waals surface area contributed by atoms with Crippen molar-refractivity contribution >= 4 is 0 Å². The fourth-order valence-electron chi connectivity index (χ4n) is 0.591. The summed E-state index contributed by atoms with van der Waals surface area (Å²) in [4.78, 5) is 0. The molecule has 0 aromatic carbocycles. The second-order valence-corrected chi connectivity index (χ2v) is 2.15. The molecular weight excluding hydrogens is 114 g/mol. The van der Waals surface area contributed by atoms with Crippen LogP contribution in [0.15, 0.2) is 11.6 Å². The maximum atomic E-state index is 8.18. The second-order valence-electron chi connectivity index (χ2n) is 2.15. The van der Waals surface area contributed by atoms with E-state index in [4.69, 9.17) is 5.21 Å². The zero-order valence-electron chi connectivity index (χ0n) is 6.15. The third-order valence-corrected chi connectivity index (χ3v) is 1.35. The van der Waals surface area contributed by atoms with Gasteiger partial charge in [0.15, 0.2) is 0 Å². The van der Waals surface area contributed by atoms with E-state index in [0.29, 0.717) is 6.54 Å². The summed E-state index contributed by atoms with van der Waals surface area (Å²) in [6.45, 7) is 4.81. The highest BCUT2D eigenvalue weighted by Crippen LogP contribution is 2.00. The number of hydroxylamine groups is 1. The summed E-state index contributed by atoms with van der Waals surface area (Å²) in [6, 6.07) is 0. The molecule has 0 aliphatic rings. The molecule has 9 heavy (non-hydrogen) atoms. The van der Waals surface area contributed by atoms with Gasteiger partial charge in [-0.3, -0.25) is 0 Å². The molecule has 0 aliphatic carbocycles. The first-order valence-corrected chi connectivity index (χ1v) is 3.30. The van der Waals surface area contributed by atoms with Crippen LogP contribution in [0.25, 0.3) is 0 Å². The third kappa shape index (κ3) is 5.53. The SMILES string of the molecule is C/C=C(\C)CCCNO. The van der Waals surface area contributed by atoms with Gasteiger partial charge in [0.05, 0.1) is 0 Å². The van der Waals surface area contributed by atoms with E-state index in [1.807, 2.05) is 6.92 Å². The zero-order chi connectivity index (χ0) is 7.11. The minimum absolute atomic E-state index is 0.686. The average molecular weight is 129 g/mol. The maximum absolute atomic E-state index is 8.18. The van der Waals surface area contributed by atoms with Crippen molar-refractivity contribution in [2.24, 2.45) is 0 Å². The van der Waals surface area contributed by atoms with Crippen LogP contribution in [0.4, 0.5) is 0 Å². The Morgan fingerprint density at radius 2 is 2.33 bits per heavy atom. The Kier molecular flexibility index (Phi) is 5.57. The van der Waals surface area contributed by atoms with Crippen LogP contribution in [0.2, 0.25) is 0 Å². The molecule has 54 valence electrons. The number of allylic oxidation sites excluding steroid dienone is 2. The highest BCUT2D eigenvalue weighted by atomic mass is 16.5. The van der Waals surface area contributed by atoms with Crippen molar-refractivity contribution in [3.8, 4) is 0 Å². The van der Waals surface area contributed by atoms with Crippen molar-refractivity contribution in [2.75, 3.05) is 6.54 Å². The van der Waals surface area contributed by atoms with Crippen LogP contribution in [-0.2, 0) is 0 Å². The molecule has 0 unspecified atom stereocenters. The van der Waals surface area contributed by atoms with Crippen LogP contribution < -0.4 is 5.48 Å². The molecule has 0 bridgehead atoms. The van der Waals surface area contributed by atoms with Crippen molar-refractivity contribution in [3.63, 3.8) is 0 Å². The van der Waals surface area contributed by atoms with E-state index < -0.39 is 0 Å². The van der Waals surface area contributed by atoms with Gasteiger partial charge in [0.1, 0.15) is 0 Å². The van der Waals surface area contributed by atoms with Crippen molar-refractivity contribution < 1.29 is 5.21 Å². The average Bonchev–Trinajstić information content (AvgIpc) is 1.89. The van der Waals surface area contributed by atoms with Gasteiger partial charge in [-0.1, -0.05) is 11.6 Å². The van der Waals surface area contributed by atoms with Gasteiger partial charge in [0, 0.05) is 6.54 Å². The first kappa shape index (κ1) is 8.66. The first-order valence-electron chi connectivity index (χ1n) is 3.30. The zero-order valence-corrected chi connectivity index (χ0v) is 6.15. The molecule has 0 fully saturated rings. The Morgan fingerprint density at radius 3 is 2.78 bits per heavy atom. The van der Waals surface area contributed by atoms with Crippen LogP contribution in [0.3, 0.4) is 0 Å². The Bertz CT molecular complexity index is 88.9. The number of hydrogen-bond acceptors (Lipinski definition) is 2. The van der Waals surface area contributed by atoms with Gasteiger partial charge >= 0.3 is 0 Å². The van der Waals surface area contributed by atoms with Crippen LogP contribution in [0.1, 0.15) is 26.7 Å².